The van der Waals surface area contributed by atoms with Gasteiger partial charge in [-0.3, -0.25) is 0 Å². The number of aryl methyl sites for hydroxylation is 1. The molecule has 1 heterocycles. The minimum atomic E-state index is -1.22. The Bertz CT molecular complexity index is 568. The van der Waals surface area contributed by atoms with Crippen LogP contribution in [0.25, 0.3) is 11.3 Å². The Morgan fingerprint density at radius 2 is 2.12 bits per heavy atom. The van der Waals surface area contributed by atoms with Crippen LogP contribution in [0.5, 0.6) is 5.75 Å². The summed E-state index contributed by atoms with van der Waals surface area (Å²) in [6, 6.07) is 3.78. The predicted octanol–water partition coefficient (Wildman–Crippen LogP) is 2.19. The molecule has 88 valence electrons. The number of halogens is 1. The van der Waals surface area contributed by atoms with Crippen molar-refractivity contribution in [2.24, 2.45) is 0 Å². The number of carbonyl (C=O) groups is 1. The van der Waals surface area contributed by atoms with Crippen molar-refractivity contribution < 1.29 is 23.9 Å². The van der Waals surface area contributed by atoms with Crippen molar-refractivity contribution in [1.82, 2.24) is 5.16 Å². The van der Waals surface area contributed by atoms with E-state index in [1.807, 2.05) is 0 Å². The maximum Gasteiger partial charge on any atom is 0.358 e. The van der Waals surface area contributed by atoms with Gasteiger partial charge in [0.15, 0.2) is 23.0 Å². The molecular formula is C11H8FNO4. The number of hydrogen-bond acceptors (Lipinski definition) is 4. The molecule has 0 atom stereocenters. The van der Waals surface area contributed by atoms with Crippen LogP contribution in [0, 0.1) is 12.7 Å². The predicted molar refractivity (Wildman–Crippen MR) is 55.3 cm³/mol. The molecule has 0 spiro atoms. The highest BCUT2D eigenvalue weighted by Crippen LogP contribution is 2.28. The number of hydrogen-bond donors (Lipinski definition) is 2. The third-order valence-electron chi connectivity index (χ3n) is 2.25. The zero-order chi connectivity index (χ0) is 12.6. The second kappa shape index (κ2) is 3.89. The van der Waals surface area contributed by atoms with Crippen LogP contribution in [0.3, 0.4) is 0 Å². The van der Waals surface area contributed by atoms with E-state index in [1.54, 1.807) is 0 Å². The van der Waals surface area contributed by atoms with Crippen LogP contribution in [0.1, 0.15) is 16.1 Å². The zero-order valence-corrected chi connectivity index (χ0v) is 8.77. The molecule has 5 nitrogen and oxygen atoms in total. The van der Waals surface area contributed by atoms with Gasteiger partial charge in [0.2, 0.25) is 0 Å². The quantitative estimate of drug-likeness (QED) is 0.836. The molecule has 0 aliphatic carbocycles. The average molecular weight is 237 g/mol. The van der Waals surface area contributed by atoms with Crippen LogP contribution in [-0.4, -0.2) is 21.3 Å². The standard InChI is InChI=1S/C11H8FNO4/c1-5-2-6(3-8(14)10(5)12)9-4-7(11(15)16)13-17-9/h2-4,14H,1H3,(H,15,16). The first-order valence-electron chi connectivity index (χ1n) is 4.68. The van der Waals surface area contributed by atoms with Crippen LogP contribution in [-0.2, 0) is 0 Å². The highest BCUT2D eigenvalue weighted by Gasteiger charge is 2.14. The number of carboxylic acids is 1. The van der Waals surface area contributed by atoms with Gasteiger partial charge in [-0.1, -0.05) is 5.16 Å². The first kappa shape index (κ1) is 11.1. The fraction of sp³-hybridized carbons (Fsp3) is 0.0909. The van der Waals surface area contributed by atoms with E-state index in [2.05, 4.69) is 5.16 Å². The summed E-state index contributed by atoms with van der Waals surface area (Å²) in [5.74, 6) is -2.30. The van der Waals surface area contributed by atoms with E-state index in [4.69, 9.17) is 9.63 Å². The lowest BCUT2D eigenvalue weighted by molar-refractivity contribution is 0.0686. The lowest BCUT2D eigenvalue weighted by Crippen LogP contribution is -1.94. The molecular weight excluding hydrogens is 229 g/mol. The topological polar surface area (TPSA) is 83.6 Å². The van der Waals surface area contributed by atoms with E-state index in [1.165, 1.54) is 19.1 Å². The third-order valence-corrected chi connectivity index (χ3v) is 2.25. The molecule has 2 N–H and O–H groups in total. The normalized spacial score (nSPS) is 10.5. The number of rotatable bonds is 2. The largest absolute Gasteiger partial charge is 0.505 e. The number of phenolic OH excluding ortho intramolecular Hbond substituents is 1. The van der Waals surface area contributed by atoms with Crippen molar-refractivity contribution in [2.45, 2.75) is 6.92 Å². The van der Waals surface area contributed by atoms with Crippen molar-refractivity contribution in [2.75, 3.05) is 0 Å². The molecule has 0 saturated carbocycles. The van der Waals surface area contributed by atoms with Gasteiger partial charge >= 0.3 is 5.97 Å². The molecule has 0 saturated heterocycles. The summed E-state index contributed by atoms with van der Waals surface area (Å²) < 4.78 is 18.0. The average Bonchev–Trinajstić information content (AvgIpc) is 2.74. The molecule has 0 unspecified atom stereocenters. The summed E-state index contributed by atoms with van der Waals surface area (Å²) in [7, 11) is 0. The highest BCUT2D eigenvalue weighted by molar-refractivity contribution is 5.86. The Hall–Kier alpha value is -2.37. The molecule has 1 aromatic heterocycles. The van der Waals surface area contributed by atoms with Crippen molar-refractivity contribution in [1.29, 1.82) is 0 Å². The Kier molecular flexibility index (Phi) is 2.55. The zero-order valence-electron chi connectivity index (χ0n) is 8.77. The first-order valence-corrected chi connectivity index (χ1v) is 4.68. The molecule has 0 aliphatic rings. The summed E-state index contributed by atoms with van der Waals surface area (Å²) in [4.78, 5) is 10.6. The second-order valence-electron chi connectivity index (χ2n) is 3.51. The Morgan fingerprint density at radius 3 is 2.65 bits per heavy atom. The van der Waals surface area contributed by atoms with Crippen LogP contribution < -0.4 is 0 Å². The maximum absolute atomic E-state index is 13.2. The van der Waals surface area contributed by atoms with Crippen molar-refractivity contribution in [3.63, 3.8) is 0 Å². The van der Waals surface area contributed by atoms with Gasteiger partial charge in [0.05, 0.1) is 0 Å². The van der Waals surface area contributed by atoms with E-state index in [-0.39, 0.29) is 17.0 Å². The van der Waals surface area contributed by atoms with Gasteiger partial charge in [0.25, 0.3) is 0 Å². The molecule has 0 fully saturated rings. The Labute approximate surface area is 95.1 Å². The Balaban J connectivity index is 2.49. The summed E-state index contributed by atoms with van der Waals surface area (Å²) in [5.41, 5.74) is 0.344. The number of aromatic nitrogens is 1. The molecule has 0 amide bonds. The molecule has 0 aliphatic heterocycles. The van der Waals surface area contributed by atoms with E-state index in [0.717, 1.165) is 6.07 Å². The minimum Gasteiger partial charge on any atom is -0.505 e. The molecule has 0 radical (unpaired) electrons. The van der Waals surface area contributed by atoms with E-state index in [0.29, 0.717) is 5.56 Å². The van der Waals surface area contributed by atoms with E-state index in [9.17, 15) is 14.3 Å². The van der Waals surface area contributed by atoms with Gasteiger partial charge in [-0.2, -0.15) is 0 Å². The molecule has 0 bridgehead atoms. The van der Waals surface area contributed by atoms with E-state index < -0.39 is 17.5 Å². The fourth-order valence-electron chi connectivity index (χ4n) is 1.41. The SMILES string of the molecule is Cc1cc(-c2cc(C(=O)O)no2)cc(O)c1F. The summed E-state index contributed by atoms with van der Waals surface area (Å²) in [5, 5.41) is 21.3. The second-order valence-corrected chi connectivity index (χ2v) is 3.51. The third kappa shape index (κ3) is 1.96. The maximum atomic E-state index is 13.2. The van der Waals surface area contributed by atoms with Crippen molar-refractivity contribution in [3.05, 3.63) is 35.3 Å². The lowest BCUT2D eigenvalue weighted by Gasteiger charge is -2.02. The summed E-state index contributed by atoms with van der Waals surface area (Å²) >= 11 is 0. The van der Waals surface area contributed by atoms with Gasteiger partial charge in [-0.25, -0.2) is 9.18 Å². The minimum absolute atomic E-state index is 0.154. The molecule has 1 aromatic carbocycles. The van der Waals surface area contributed by atoms with Crippen LogP contribution in [0.4, 0.5) is 4.39 Å². The molecule has 17 heavy (non-hydrogen) atoms. The monoisotopic (exact) mass is 237 g/mol. The van der Waals surface area contributed by atoms with Crippen LogP contribution in [0.2, 0.25) is 0 Å². The molecule has 2 rings (SSSR count). The van der Waals surface area contributed by atoms with Crippen molar-refractivity contribution >= 4 is 5.97 Å². The van der Waals surface area contributed by atoms with Gasteiger partial charge in [-0.15, -0.1) is 0 Å². The number of aromatic carboxylic acids is 1. The molecule has 6 heteroatoms. The summed E-state index contributed by atoms with van der Waals surface area (Å²) in [6.07, 6.45) is 0. The lowest BCUT2D eigenvalue weighted by atomic mass is 10.1. The number of nitrogens with zero attached hydrogens (tertiary/aromatic N) is 1. The van der Waals surface area contributed by atoms with Crippen LogP contribution >= 0.6 is 0 Å². The Morgan fingerprint density at radius 1 is 1.41 bits per heavy atom. The highest BCUT2D eigenvalue weighted by atomic mass is 19.1. The number of phenols is 1. The van der Waals surface area contributed by atoms with Gasteiger partial charge in [0.1, 0.15) is 0 Å². The number of aromatic hydroxyl groups is 1. The van der Waals surface area contributed by atoms with Crippen LogP contribution in [0.15, 0.2) is 22.7 Å². The first-order chi connectivity index (χ1) is 7.99. The smallest absolute Gasteiger partial charge is 0.358 e. The number of carboxylic acid groups (broad SMARTS) is 1. The summed E-state index contributed by atoms with van der Waals surface area (Å²) in [6.45, 7) is 1.48. The number of benzene rings is 1. The van der Waals surface area contributed by atoms with Gasteiger partial charge < -0.3 is 14.7 Å². The fourth-order valence-corrected chi connectivity index (χ4v) is 1.41. The van der Waals surface area contributed by atoms with Gasteiger partial charge in [-0.05, 0) is 24.6 Å². The van der Waals surface area contributed by atoms with Crippen molar-refractivity contribution in [3.8, 4) is 17.1 Å². The van der Waals surface area contributed by atoms with E-state index >= 15 is 0 Å². The molecule has 2 aromatic rings. The van der Waals surface area contributed by atoms with Gasteiger partial charge in [0, 0.05) is 11.6 Å².